The standard InChI is InChI=1S/C14H13ClF2N2O/c1-8(2)19-4-3-9(18-19)5-14(20)10-6-13(17)11(15)7-12(10)16/h3-4,6-8H,5H2,1-2H3. The van der Waals surface area contributed by atoms with Gasteiger partial charge in [-0.3, -0.25) is 9.48 Å². The van der Waals surface area contributed by atoms with Gasteiger partial charge in [0, 0.05) is 12.2 Å². The van der Waals surface area contributed by atoms with Crippen LogP contribution in [-0.4, -0.2) is 15.6 Å². The van der Waals surface area contributed by atoms with Gasteiger partial charge < -0.3 is 0 Å². The average molecular weight is 299 g/mol. The van der Waals surface area contributed by atoms with Crippen LogP contribution in [0.5, 0.6) is 0 Å². The highest BCUT2D eigenvalue weighted by molar-refractivity contribution is 6.30. The first kappa shape index (κ1) is 14.7. The number of benzene rings is 1. The number of halogens is 3. The lowest BCUT2D eigenvalue weighted by molar-refractivity contribution is 0.0987. The normalized spacial score (nSPS) is 11.1. The van der Waals surface area contributed by atoms with Gasteiger partial charge in [-0.05, 0) is 32.0 Å². The first-order chi connectivity index (χ1) is 9.38. The number of nitrogens with zero attached hydrogens (tertiary/aromatic N) is 2. The van der Waals surface area contributed by atoms with Crippen molar-refractivity contribution in [2.45, 2.75) is 26.3 Å². The number of hydrogen-bond donors (Lipinski definition) is 0. The molecule has 0 bridgehead atoms. The minimum Gasteiger partial charge on any atom is -0.294 e. The van der Waals surface area contributed by atoms with Gasteiger partial charge in [0.25, 0.3) is 0 Å². The van der Waals surface area contributed by atoms with Crippen LogP contribution in [0.1, 0.15) is 35.9 Å². The zero-order valence-corrected chi connectivity index (χ0v) is 11.8. The van der Waals surface area contributed by atoms with Crippen molar-refractivity contribution in [3.05, 3.63) is 52.3 Å². The monoisotopic (exact) mass is 298 g/mol. The van der Waals surface area contributed by atoms with Crippen LogP contribution in [0, 0.1) is 11.6 Å². The Kier molecular flexibility index (Phi) is 4.18. The first-order valence-electron chi connectivity index (χ1n) is 6.10. The number of rotatable bonds is 4. The van der Waals surface area contributed by atoms with Gasteiger partial charge in [-0.25, -0.2) is 8.78 Å². The third-order valence-electron chi connectivity index (χ3n) is 2.84. The average Bonchev–Trinajstić information content (AvgIpc) is 2.82. The maximum absolute atomic E-state index is 13.6. The highest BCUT2D eigenvalue weighted by Crippen LogP contribution is 2.20. The molecule has 1 heterocycles. The maximum Gasteiger partial charge on any atom is 0.171 e. The summed E-state index contributed by atoms with van der Waals surface area (Å²) in [4.78, 5) is 12.0. The molecule has 2 aromatic rings. The summed E-state index contributed by atoms with van der Waals surface area (Å²) in [7, 11) is 0. The van der Waals surface area contributed by atoms with E-state index in [9.17, 15) is 13.6 Å². The Balaban J connectivity index is 2.21. The van der Waals surface area contributed by atoms with Gasteiger partial charge in [-0.15, -0.1) is 0 Å². The molecule has 0 aliphatic rings. The van der Waals surface area contributed by atoms with E-state index < -0.39 is 17.4 Å². The predicted octanol–water partition coefficient (Wildman–Crippen LogP) is 3.82. The van der Waals surface area contributed by atoms with Crippen LogP contribution in [0.3, 0.4) is 0 Å². The lowest BCUT2D eigenvalue weighted by Crippen LogP contribution is -2.09. The molecule has 1 aromatic heterocycles. The molecule has 0 spiro atoms. The van der Waals surface area contributed by atoms with Gasteiger partial charge in [-0.2, -0.15) is 5.10 Å². The Labute approximate surface area is 120 Å². The second-order valence-corrected chi connectivity index (χ2v) is 5.13. The number of hydrogen-bond acceptors (Lipinski definition) is 2. The summed E-state index contributed by atoms with van der Waals surface area (Å²) in [5.41, 5.74) is 0.199. The Morgan fingerprint density at radius 3 is 2.65 bits per heavy atom. The molecule has 0 N–H and O–H groups in total. The topological polar surface area (TPSA) is 34.9 Å². The van der Waals surface area contributed by atoms with Crippen molar-refractivity contribution in [2.75, 3.05) is 0 Å². The van der Waals surface area contributed by atoms with Crippen molar-refractivity contribution in [3.8, 4) is 0 Å². The first-order valence-corrected chi connectivity index (χ1v) is 6.48. The van der Waals surface area contributed by atoms with Crippen molar-refractivity contribution in [1.29, 1.82) is 0 Å². The van der Waals surface area contributed by atoms with E-state index in [0.29, 0.717) is 5.69 Å². The molecule has 6 heteroatoms. The number of Topliss-reactive ketones (excluding diaryl/α,β-unsaturated/α-hetero) is 1. The summed E-state index contributed by atoms with van der Waals surface area (Å²) in [6.07, 6.45) is 1.66. The predicted molar refractivity (Wildman–Crippen MR) is 72.0 cm³/mol. The van der Waals surface area contributed by atoms with Gasteiger partial charge in [0.1, 0.15) is 11.6 Å². The zero-order valence-electron chi connectivity index (χ0n) is 11.0. The smallest absolute Gasteiger partial charge is 0.171 e. The van der Waals surface area contributed by atoms with Crippen molar-refractivity contribution < 1.29 is 13.6 Å². The molecule has 0 unspecified atom stereocenters. The highest BCUT2D eigenvalue weighted by Gasteiger charge is 2.17. The van der Waals surface area contributed by atoms with Crippen LogP contribution < -0.4 is 0 Å². The molecule has 0 fully saturated rings. The molecular weight excluding hydrogens is 286 g/mol. The van der Waals surface area contributed by atoms with E-state index in [2.05, 4.69) is 5.10 Å². The van der Waals surface area contributed by atoms with Gasteiger partial charge >= 0.3 is 0 Å². The number of ketones is 1. The molecule has 0 saturated carbocycles. The number of carbonyl (C=O) groups is 1. The van der Waals surface area contributed by atoms with Gasteiger partial charge in [0.2, 0.25) is 0 Å². The Morgan fingerprint density at radius 2 is 2.05 bits per heavy atom. The third kappa shape index (κ3) is 3.04. The van der Waals surface area contributed by atoms with Crippen LogP contribution in [0.15, 0.2) is 24.4 Å². The van der Waals surface area contributed by atoms with E-state index in [-0.39, 0.29) is 23.0 Å². The summed E-state index contributed by atoms with van der Waals surface area (Å²) in [5, 5.41) is 3.85. The molecule has 2 rings (SSSR count). The largest absolute Gasteiger partial charge is 0.294 e. The second kappa shape index (κ2) is 5.71. The molecule has 0 radical (unpaired) electrons. The van der Waals surface area contributed by atoms with Gasteiger partial charge in [-0.1, -0.05) is 11.6 Å². The molecule has 106 valence electrons. The van der Waals surface area contributed by atoms with Crippen molar-refractivity contribution in [3.63, 3.8) is 0 Å². The van der Waals surface area contributed by atoms with Crippen LogP contribution in [0.2, 0.25) is 5.02 Å². The number of aromatic nitrogens is 2. The fraction of sp³-hybridized carbons (Fsp3) is 0.286. The van der Waals surface area contributed by atoms with Crippen LogP contribution in [-0.2, 0) is 6.42 Å². The van der Waals surface area contributed by atoms with Crippen molar-refractivity contribution >= 4 is 17.4 Å². The fourth-order valence-electron chi connectivity index (χ4n) is 1.76. The summed E-state index contributed by atoms with van der Waals surface area (Å²) >= 11 is 5.45. The van der Waals surface area contributed by atoms with Crippen LogP contribution in [0.25, 0.3) is 0 Å². The third-order valence-corrected chi connectivity index (χ3v) is 3.13. The van der Waals surface area contributed by atoms with Crippen molar-refractivity contribution in [2.24, 2.45) is 0 Å². The second-order valence-electron chi connectivity index (χ2n) is 4.73. The quantitative estimate of drug-likeness (QED) is 0.635. The highest BCUT2D eigenvalue weighted by atomic mass is 35.5. The fourth-order valence-corrected chi connectivity index (χ4v) is 1.91. The summed E-state index contributed by atoms with van der Waals surface area (Å²) in [5.74, 6) is -2.18. The van der Waals surface area contributed by atoms with E-state index in [1.54, 1.807) is 16.9 Å². The van der Waals surface area contributed by atoms with Gasteiger partial charge in [0.05, 0.1) is 22.7 Å². The lowest BCUT2D eigenvalue weighted by Gasteiger charge is -2.04. The molecule has 0 saturated heterocycles. The minimum atomic E-state index is -0.829. The summed E-state index contributed by atoms with van der Waals surface area (Å²) in [6.45, 7) is 3.90. The van der Waals surface area contributed by atoms with E-state index in [1.165, 1.54) is 0 Å². The van der Waals surface area contributed by atoms with E-state index in [0.717, 1.165) is 12.1 Å². The Bertz CT molecular complexity index is 653. The minimum absolute atomic E-state index is 0.0856. The molecular formula is C14H13ClF2N2O. The maximum atomic E-state index is 13.6. The van der Waals surface area contributed by atoms with E-state index in [1.807, 2.05) is 13.8 Å². The van der Waals surface area contributed by atoms with Crippen LogP contribution >= 0.6 is 11.6 Å². The molecule has 0 aliphatic carbocycles. The zero-order chi connectivity index (χ0) is 14.9. The molecule has 1 aromatic carbocycles. The molecule has 0 aliphatic heterocycles. The SMILES string of the molecule is CC(C)n1ccc(CC(=O)c2cc(F)c(Cl)cc2F)n1. The molecule has 3 nitrogen and oxygen atoms in total. The van der Waals surface area contributed by atoms with Crippen LogP contribution in [0.4, 0.5) is 8.78 Å². The Hall–Kier alpha value is -1.75. The summed E-state index contributed by atoms with van der Waals surface area (Å²) < 4.78 is 28.6. The summed E-state index contributed by atoms with van der Waals surface area (Å²) in [6, 6.07) is 3.47. The molecule has 20 heavy (non-hydrogen) atoms. The Morgan fingerprint density at radius 1 is 1.35 bits per heavy atom. The van der Waals surface area contributed by atoms with Crippen molar-refractivity contribution in [1.82, 2.24) is 9.78 Å². The van der Waals surface area contributed by atoms with E-state index >= 15 is 0 Å². The van der Waals surface area contributed by atoms with Gasteiger partial charge in [0.15, 0.2) is 5.78 Å². The lowest BCUT2D eigenvalue weighted by atomic mass is 10.1. The van der Waals surface area contributed by atoms with E-state index in [4.69, 9.17) is 11.6 Å². The number of carbonyl (C=O) groups excluding carboxylic acids is 1. The molecule has 0 amide bonds. The molecule has 0 atom stereocenters.